The maximum Gasteiger partial charge on any atom is 0.175 e. The van der Waals surface area contributed by atoms with Crippen LogP contribution in [0.25, 0.3) is 0 Å². The molecule has 0 heterocycles. The molecule has 0 aromatic heterocycles. The standard InChI is InChI=1S/C14H21NO2S/c1-4-5-6-11-15-12(2)13-7-9-14(10-8-13)18(3,16)17/h4,7-10,12,15H,1,5-6,11H2,2-3H3. The topological polar surface area (TPSA) is 46.2 Å². The van der Waals surface area contributed by atoms with Crippen LogP contribution in [0.4, 0.5) is 0 Å². The highest BCUT2D eigenvalue weighted by atomic mass is 32.2. The summed E-state index contributed by atoms with van der Waals surface area (Å²) in [5.74, 6) is 0. The number of rotatable bonds is 7. The average Bonchev–Trinajstić information content (AvgIpc) is 2.33. The maximum atomic E-state index is 11.3. The molecule has 100 valence electrons. The molecule has 3 nitrogen and oxygen atoms in total. The number of hydrogen-bond donors (Lipinski definition) is 1. The van der Waals surface area contributed by atoms with Crippen molar-refractivity contribution >= 4 is 9.84 Å². The number of sulfone groups is 1. The van der Waals surface area contributed by atoms with Gasteiger partial charge in [-0.3, -0.25) is 0 Å². The molecule has 1 aromatic rings. The molecule has 1 unspecified atom stereocenters. The lowest BCUT2D eigenvalue weighted by atomic mass is 10.1. The van der Waals surface area contributed by atoms with Crippen LogP contribution >= 0.6 is 0 Å². The second-order valence-electron chi connectivity index (χ2n) is 4.45. The van der Waals surface area contributed by atoms with E-state index in [1.165, 1.54) is 6.26 Å². The molecule has 0 aliphatic heterocycles. The molecule has 0 aliphatic rings. The van der Waals surface area contributed by atoms with Crippen molar-refractivity contribution in [1.29, 1.82) is 0 Å². The van der Waals surface area contributed by atoms with Gasteiger partial charge in [-0.25, -0.2) is 8.42 Å². The lowest BCUT2D eigenvalue weighted by molar-refractivity contribution is 0.560. The minimum absolute atomic E-state index is 0.225. The summed E-state index contributed by atoms with van der Waals surface area (Å²) in [4.78, 5) is 0.366. The van der Waals surface area contributed by atoms with Crippen molar-refractivity contribution in [3.63, 3.8) is 0 Å². The Hall–Kier alpha value is -1.13. The van der Waals surface area contributed by atoms with Crippen LogP contribution in [0.2, 0.25) is 0 Å². The van der Waals surface area contributed by atoms with Crippen LogP contribution in [0.1, 0.15) is 31.4 Å². The zero-order valence-corrected chi connectivity index (χ0v) is 11.8. The first-order valence-corrected chi connectivity index (χ1v) is 7.98. The number of nitrogens with one attached hydrogen (secondary N) is 1. The molecule has 0 aliphatic carbocycles. The zero-order chi connectivity index (χ0) is 13.6. The molecule has 4 heteroatoms. The van der Waals surface area contributed by atoms with Crippen LogP contribution in [0, 0.1) is 0 Å². The van der Waals surface area contributed by atoms with E-state index in [1.807, 2.05) is 18.2 Å². The lowest BCUT2D eigenvalue weighted by Gasteiger charge is -2.14. The SMILES string of the molecule is C=CCCCNC(C)c1ccc(S(C)(=O)=O)cc1. The van der Waals surface area contributed by atoms with Gasteiger partial charge < -0.3 is 5.32 Å². The summed E-state index contributed by atoms with van der Waals surface area (Å²) in [6, 6.07) is 7.27. The van der Waals surface area contributed by atoms with Crippen molar-refractivity contribution in [3.05, 3.63) is 42.5 Å². The largest absolute Gasteiger partial charge is 0.310 e. The fourth-order valence-corrected chi connectivity index (χ4v) is 2.32. The summed E-state index contributed by atoms with van der Waals surface area (Å²) in [6.07, 6.45) is 5.20. The fraction of sp³-hybridized carbons (Fsp3) is 0.429. The van der Waals surface area contributed by atoms with Crippen molar-refractivity contribution in [2.75, 3.05) is 12.8 Å². The van der Waals surface area contributed by atoms with Gasteiger partial charge in [0.15, 0.2) is 9.84 Å². The van der Waals surface area contributed by atoms with E-state index >= 15 is 0 Å². The van der Waals surface area contributed by atoms with E-state index in [4.69, 9.17) is 0 Å². The summed E-state index contributed by atoms with van der Waals surface area (Å²) >= 11 is 0. The van der Waals surface area contributed by atoms with Gasteiger partial charge >= 0.3 is 0 Å². The molecule has 1 N–H and O–H groups in total. The Morgan fingerprint density at radius 1 is 1.33 bits per heavy atom. The molecule has 0 saturated carbocycles. The third kappa shape index (κ3) is 4.63. The molecule has 0 spiro atoms. The van der Waals surface area contributed by atoms with Crippen LogP contribution in [0.5, 0.6) is 0 Å². The summed E-state index contributed by atoms with van der Waals surface area (Å²) in [5, 5.41) is 3.39. The van der Waals surface area contributed by atoms with E-state index in [9.17, 15) is 8.42 Å². The molecule has 0 bridgehead atoms. The average molecular weight is 267 g/mol. The normalized spacial score (nSPS) is 13.2. The Morgan fingerprint density at radius 2 is 1.94 bits per heavy atom. The number of allylic oxidation sites excluding steroid dienone is 1. The number of unbranched alkanes of at least 4 members (excludes halogenated alkanes) is 1. The molecule has 1 rings (SSSR count). The number of hydrogen-bond acceptors (Lipinski definition) is 3. The second kappa shape index (κ2) is 6.71. The molecule has 0 saturated heterocycles. The summed E-state index contributed by atoms with van der Waals surface area (Å²) in [5.41, 5.74) is 1.10. The Kier molecular flexibility index (Phi) is 5.56. The summed E-state index contributed by atoms with van der Waals surface area (Å²) in [6.45, 7) is 6.69. The Morgan fingerprint density at radius 3 is 2.44 bits per heavy atom. The molecule has 1 atom stereocenters. The molecule has 0 radical (unpaired) electrons. The van der Waals surface area contributed by atoms with E-state index in [1.54, 1.807) is 12.1 Å². The third-order valence-corrected chi connectivity index (χ3v) is 3.97. The van der Waals surface area contributed by atoms with Gasteiger partial charge in [0, 0.05) is 12.3 Å². The second-order valence-corrected chi connectivity index (χ2v) is 6.46. The quantitative estimate of drug-likeness (QED) is 0.610. The van der Waals surface area contributed by atoms with Gasteiger partial charge in [0.25, 0.3) is 0 Å². The van der Waals surface area contributed by atoms with Gasteiger partial charge in [-0.15, -0.1) is 6.58 Å². The van der Waals surface area contributed by atoms with Gasteiger partial charge in [0.05, 0.1) is 4.90 Å². The Bertz CT molecular complexity index is 477. The zero-order valence-electron chi connectivity index (χ0n) is 11.0. The highest BCUT2D eigenvalue weighted by Gasteiger charge is 2.08. The van der Waals surface area contributed by atoms with Crippen molar-refractivity contribution in [1.82, 2.24) is 5.32 Å². The van der Waals surface area contributed by atoms with Gasteiger partial charge in [0.2, 0.25) is 0 Å². The predicted octanol–water partition coefficient (Wildman–Crippen LogP) is 2.71. The smallest absolute Gasteiger partial charge is 0.175 e. The third-order valence-electron chi connectivity index (χ3n) is 2.84. The Labute approximate surface area is 110 Å². The van der Waals surface area contributed by atoms with E-state index in [0.717, 1.165) is 24.9 Å². The fourth-order valence-electron chi connectivity index (χ4n) is 1.69. The van der Waals surface area contributed by atoms with E-state index in [0.29, 0.717) is 4.90 Å². The first-order valence-electron chi connectivity index (χ1n) is 6.09. The van der Waals surface area contributed by atoms with E-state index in [2.05, 4.69) is 18.8 Å². The van der Waals surface area contributed by atoms with Crippen molar-refractivity contribution in [3.8, 4) is 0 Å². The summed E-state index contributed by atoms with van der Waals surface area (Å²) < 4.78 is 22.7. The van der Waals surface area contributed by atoms with Crippen molar-refractivity contribution < 1.29 is 8.42 Å². The highest BCUT2D eigenvalue weighted by molar-refractivity contribution is 7.90. The van der Waals surface area contributed by atoms with Crippen LogP contribution in [0.3, 0.4) is 0 Å². The van der Waals surface area contributed by atoms with Crippen LogP contribution in [-0.4, -0.2) is 21.2 Å². The van der Waals surface area contributed by atoms with Crippen molar-refractivity contribution in [2.24, 2.45) is 0 Å². The monoisotopic (exact) mass is 267 g/mol. The van der Waals surface area contributed by atoms with Crippen LogP contribution in [-0.2, 0) is 9.84 Å². The molecule has 0 amide bonds. The summed E-state index contributed by atoms with van der Waals surface area (Å²) in [7, 11) is -3.10. The minimum atomic E-state index is -3.10. The van der Waals surface area contributed by atoms with Crippen molar-refractivity contribution in [2.45, 2.75) is 30.7 Å². The maximum absolute atomic E-state index is 11.3. The minimum Gasteiger partial charge on any atom is -0.310 e. The first kappa shape index (κ1) is 14.9. The molecular formula is C14H21NO2S. The predicted molar refractivity (Wildman–Crippen MR) is 75.4 cm³/mol. The van der Waals surface area contributed by atoms with Gasteiger partial charge in [-0.1, -0.05) is 18.2 Å². The lowest BCUT2D eigenvalue weighted by Crippen LogP contribution is -2.19. The van der Waals surface area contributed by atoms with Gasteiger partial charge in [0.1, 0.15) is 0 Å². The molecular weight excluding hydrogens is 246 g/mol. The van der Waals surface area contributed by atoms with Crippen LogP contribution in [0.15, 0.2) is 41.8 Å². The van der Waals surface area contributed by atoms with Crippen LogP contribution < -0.4 is 5.32 Å². The van der Waals surface area contributed by atoms with E-state index in [-0.39, 0.29) is 6.04 Å². The first-order chi connectivity index (χ1) is 8.45. The highest BCUT2D eigenvalue weighted by Crippen LogP contribution is 2.16. The van der Waals surface area contributed by atoms with Gasteiger partial charge in [-0.2, -0.15) is 0 Å². The van der Waals surface area contributed by atoms with Gasteiger partial charge in [-0.05, 0) is 44.0 Å². The number of benzene rings is 1. The molecule has 0 fully saturated rings. The molecule has 18 heavy (non-hydrogen) atoms. The Balaban J connectivity index is 2.59. The van der Waals surface area contributed by atoms with E-state index < -0.39 is 9.84 Å². The molecule has 1 aromatic carbocycles.